The van der Waals surface area contributed by atoms with E-state index in [4.69, 9.17) is 14.2 Å². The van der Waals surface area contributed by atoms with Crippen molar-refractivity contribution in [3.8, 4) is 11.5 Å². The summed E-state index contributed by atoms with van der Waals surface area (Å²) in [4.78, 5) is 4.82. The minimum Gasteiger partial charge on any atom is -0.493 e. The van der Waals surface area contributed by atoms with Gasteiger partial charge in [0.2, 0.25) is 0 Å². The molecule has 0 radical (unpaired) electrons. The fourth-order valence-corrected chi connectivity index (χ4v) is 5.40. The van der Waals surface area contributed by atoms with E-state index in [-0.39, 0.29) is 6.61 Å². The maximum absolute atomic E-state index is 10.5. The van der Waals surface area contributed by atoms with Gasteiger partial charge in [0, 0.05) is 62.6 Å². The summed E-state index contributed by atoms with van der Waals surface area (Å²) in [5.41, 5.74) is 1.23. The quantitative estimate of drug-likeness (QED) is 0.701. The number of methoxy groups -OCH3 is 1. The minimum atomic E-state index is -0.507. The Morgan fingerprint density at radius 2 is 1.89 bits per heavy atom. The summed E-state index contributed by atoms with van der Waals surface area (Å²) in [5.74, 6) is 5.12. The average molecular weight is 409 g/mol. The van der Waals surface area contributed by atoms with Crippen molar-refractivity contribution < 1.29 is 19.3 Å². The summed E-state index contributed by atoms with van der Waals surface area (Å²) in [6, 6.07) is 6.14. The van der Waals surface area contributed by atoms with Gasteiger partial charge in [0.1, 0.15) is 12.7 Å². The van der Waals surface area contributed by atoms with E-state index in [0.717, 1.165) is 57.4 Å². The number of ether oxygens (including phenoxy) is 3. The van der Waals surface area contributed by atoms with Gasteiger partial charge in [-0.2, -0.15) is 11.8 Å². The molecule has 3 aliphatic rings. The number of likely N-dealkylation sites (tertiary alicyclic amines) is 1. The molecule has 28 heavy (non-hydrogen) atoms. The van der Waals surface area contributed by atoms with E-state index in [2.05, 4.69) is 21.9 Å². The molecule has 4 rings (SSSR count). The van der Waals surface area contributed by atoms with Crippen molar-refractivity contribution in [1.29, 1.82) is 0 Å². The lowest BCUT2D eigenvalue weighted by molar-refractivity contribution is 0.0666. The summed E-state index contributed by atoms with van der Waals surface area (Å²) in [7, 11) is 1.66. The lowest BCUT2D eigenvalue weighted by Gasteiger charge is -2.26. The second kappa shape index (κ2) is 9.67. The lowest BCUT2D eigenvalue weighted by atomic mass is 10.0. The third-order valence-corrected chi connectivity index (χ3v) is 6.90. The number of hydrogen-bond acceptors (Lipinski definition) is 7. The molecule has 0 saturated carbocycles. The maximum atomic E-state index is 10.5. The molecular weight excluding hydrogens is 376 g/mol. The van der Waals surface area contributed by atoms with E-state index in [9.17, 15) is 5.11 Å². The van der Waals surface area contributed by atoms with E-state index in [1.54, 1.807) is 7.11 Å². The topological polar surface area (TPSA) is 54.4 Å². The van der Waals surface area contributed by atoms with E-state index < -0.39 is 6.10 Å². The van der Waals surface area contributed by atoms with Crippen LogP contribution in [-0.4, -0.2) is 92.2 Å². The van der Waals surface area contributed by atoms with E-state index in [1.807, 2.05) is 17.8 Å². The van der Waals surface area contributed by atoms with Gasteiger partial charge in [-0.3, -0.25) is 9.80 Å². The molecule has 1 unspecified atom stereocenters. The molecule has 7 heteroatoms. The number of aliphatic hydroxyl groups excluding tert-OH is 1. The number of hydrogen-bond donors (Lipinski definition) is 1. The Hall–Kier alpha value is -0.990. The van der Waals surface area contributed by atoms with Crippen LogP contribution in [0, 0.1) is 11.8 Å². The van der Waals surface area contributed by atoms with Crippen molar-refractivity contribution in [1.82, 2.24) is 9.80 Å². The second-order valence-electron chi connectivity index (χ2n) is 8.11. The molecule has 1 N–H and O–H groups in total. The van der Waals surface area contributed by atoms with E-state index in [1.165, 1.54) is 17.1 Å². The first-order valence-corrected chi connectivity index (χ1v) is 11.4. The number of aliphatic hydroxyl groups is 1. The molecule has 156 valence electrons. The van der Waals surface area contributed by atoms with Gasteiger partial charge in [0.25, 0.3) is 0 Å². The van der Waals surface area contributed by atoms with Crippen LogP contribution < -0.4 is 9.47 Å². The number of fused-ring (bicyclic) bond motifs is 1. The first kappa shape index (κ1) is 20.3. The Morgan fingerprint density at radius 3 is 2.61 bits per heavy atom. The van der Waals surface area contributed by atoms with Crippen molar-refractivity contribution >= 4 is 11.8 Å². The number of nitrogens with zero attached hydrogens (tertiary/aromatic N) is 2. The van der Waals surface area contributed by atoms with Gasteiger partial charge in [0.15, 0.2) is 11.5 Å². The van der Waals surface area contributed by atoms with Crippen molar-refractivity contribution in [2.45, 2.75) is 12.6 Å². The Balaban J connectivity index is 1.29. The zero-order chi connectivity index (χ0) is 19.3. The van der Waals surface area contributed by atoms with E-state index >= 15 is 0 Å². The van der Waals surface area contributed by atoms with Crippen LogP contribution in [0.3, 0.4) is 0 Å². The highest BCUT2D eigenvalue weighted by molar-refractivity contribution is 7.99. The molecule has 1 aromatic rings. The van der Waals surface area contributed by atoms with Gasteiger partial charge < -0.3 is 19.3 Å². The van der Waals surface area contributed by atoms with Crippen molar-refractivity contribution in [3.63, 3.8) is 0 Å². The van der Waals surface area contributed by atoms with Crippen molar-refractivity contribution in [2.75, 3.05) is 71.2 Å². The molecule has 3 heterocycles. The SMILES string of the molecule is COc1ccc(CN2CCSCC2)cc1OCC(O)CN1C[C@H]2COC[C@H]2C1. The predicted octanol–water partition coefficient (Wildman–Crippen LogP) is 1.56. The number of thioether (sulfide) groups is 1. The van der Waals surface area contributed by atoms with Gasteiger partial charge in [0.05, 0.1) is 20.3 Å². The Morgan fingerprint density at radius 1 is 1.14 bits per heavy atom. The van der Waals surface area contributed by atoms with Crippen LogP contribution in [-0.2, 0) is 11.3 Å². The molecule has 3 aliphatic heterocycles. The fourth-order valence-electron chi connectivity index (χ4n) is 4.42. The van der Waals surface area contributed by atoms with Gasteiger partial charge in [-0.15, -0.1) is 0 Å². The molecule has 0 aliphatic carbocycles. The molecule has 3 fully saturated rings. The number of rotatable bonds is 8. The molecule has 3 saturated heterocycles. The molecule has 6 nitrogen and oxygen atoms in total. The normalized spacial score (nSPS) is 26.9. The highest BCUT2D eigenvalue weighted by Gasteiger charge is 2.37. The monoisotopic (exact) mass is 408 g/mol. The predicted molar refractivity (Wildman–Crippen MR) is 111 cm³/mol. The summed E-state index contributed by atoms with van der Waals surface area (Å²) < 4.78 is 17.0. The molecule has 0 aromatic heterocycles. The summed E-state index contributed by atoms with van der Waals surface area (Å²) in [6.45, 7) is 7.91. The molecule has 0 amide bonds. The van der Waals surface area contributed by atoms with Crippen molar-refractivity contribution in [2.24, 2.45) is 11.8 Å². The summed E-state index contributed by atoms with van der Waals surface area (Å²) in [6.07, 6.45) is -0.507. The Kier molecular flexibility index (Phi) is 7.01. The Bertz CT molecular complexity index is 629. The number of β-amino-alcohol motifs (C(OH)–C–C–N with tert-alkyl or cyclic N) is 1. The second-order valence-corrected chi connectivity index (χ2v) is 9.34. The highest BCUT2D eigenvalue weighted by atomic mass is 32.2. The van der Waals surface area contributed by atoms with Gasteiger partial charge in [-0.25, -0.2) is 0 Å². The maximum Gasteiger partial charge on any atom is 0.161 e. The smallest absolute Gasteiger partial charge is 0.161 e. The van der Waals surface area contributed by atoms with Gasteiger partial charge in [-0.1, -0.05) is 6.07 Å². The molecule has 3 atom stereocenters. The first-order valence-electron chi connectivity index (χ1n) is 10.3. The third-order valence-electron chi connectivity index (χ3n) is 5.95. The minimum absolute atomic E-state index is 0.280. The molecular formula is C21H32N2O4S. The largest absolute Gasteiger partial charge is 0.493 e. The van der Waals surface area contributed by atoms with Crippen LogP contribution in [0.15, 0.2) is 18.2 Å². The summed E-state index contributed by atoms with van der Waals surface area (Å²) in [5, 5.41) is 10.5. The van der Waals surface area contributed by atoms with Crippen molar-refractivity contribution in [3.05, 3.63) is 23.8 Å². The van der Waals surface area contributed by atoms with Crippen LogP contribution in [0.25, 0.3) is 0 Å². The molecule has 0 bridgehead atoms. The van der Waals surface area contributed by atoms with Crippen LogP contribution in [0.5, 0.6) is 11.5 Å². The standard InChI is InChI=1S/C21H32N2O4S/c1-25-20-3-2-16(9-22-4-6-28-7-5-22)8-21(20)27-15-19(24)12-23-10-17-13-26-14-18(17)11-23/h2-3,8,17-19,24H,4-7,9-15H2,1H3/t17-,18+,19?. The van der Waals surface area contributed by atoms with E-state index in [0.29, 0.717) is 18.4 Å². The third kappa shape index (κ3) is 5.13. The van der Waals surface area contributed by atoms with Crippen LogP contribution in [0.2, 0.25) is 0 Å². The van der Waals surface area contributed by atoms with Crippen LogP contribution in [0.1, 0.15) is 5.56 Å². The summed E-state index contributed by atoms with van der Waals surface area (Å²) >= 11 is 2.02. The number of benzene rings is 1. The molecule has 1 aromatic carbocycles. The van der Waals surface area contributed by atoms with Gasteiger partial charge in [-0.05, 0) is 17.7 Å². The van der Waals surface area contributed by atoms with Crippen LogP contribution in [0.4, 0.5) is 0 Å². The lowest BCUT2D eigenvalue weighted by Crippen LogP contribution is -2.35. The molecule has 0 spiro atoms. The average Bonchev–Trinajstić information content (AvgIpc) is 3.29. The Labute approximate surface area is 172 Å². The van der Waals surface area contributed by atoms with Gasteiger partial charge >= 0.3 is 0 Å². The first-order chi connectivity index (χ1) is 13.7. The highest BCUT2D eigenvalue weighted by Crippen LogP contribution is 2.30. The zero-order valence-corrected chi connectivity index (χ0v) is 17.5. The van der Waals surface area contributed by atoms with Crippen LogP contribution >= 0.6 is 11.8 Å². The fraction of sp³-hybridized carbons (Fsp3) is 0.714. The zero-order valence-electron chi connectivity index (χ0n) is 16.7.